The van der Waals surface area contributed by atoms with E-state index in [1.807, 2.05) is 0 Å². The Labute approximate surface area is 94.5 Å². The highest BCUT2D eigenvalue weighted by Crippen LogP contribution is 1.86. The third-order valence-corrected chi connectivity index (χ3v) is 1.26. The Balaban J connectivity index is 3.84. The lowest BCUT2D eigenvalue weighted by Crippen LogP contribution is -2.00. The van der Waals surface area contributed by atoms with Crippen molar-refractivity contribution in [3.63, 3.8) is 0 Å². The molecule has 0 unspecified atom stereocenters. The molecular formula is C12H14O4. The van der Waals surface area contributed by atoms with Crippen molar-refractivity contribution < 1.29 is 19.1 Å². The normalized spacial score (nSPS) is 10.2. The molecule has 0 saturated carbocycles. The standard InChI is InChI=1S/C12H14O4/c1-3-9-15-11(13)7-5-6-8-12(14)16-10-4-2/h3-8H,1-2,9-10H2. The van der Waals surface area contributed by atoms with Crippen molar-refractivity contribution in [2.45, 2.75) is 0 Å². The number of allylic oxidation sites excluding steroid dienone is 2. The molecule has 0 aliphatic rings. The van der Waals surface area contributed by atoms with Crippen molar-refractivity contribution in [3.8, 4) is 0 Å². The van der Waals surface area contributed by atoms with Gasteiger partial charge in [-0.2, -0.15) is 0 Å². The average molecular weight is 222 g/mol. The second-order valence-electron chi connectivity index (χ2n) is 2.56. The highest BCUT2D eigenvalue weighted by molar-refractivity contribution is 5.84. The number of hydrogen-bond acceptors (Lipinski definition) is 4. The zero-order valence-corrected chi connectivity index (χ0v) is 8.93. The maximum absolute atomic E-state index is 10.9. The molecule has 0 rings (SSSR count). The number of esters is 2. The lowest BCUT2D eigenvalue weighted by molar-refractivity contribution is -0.137. The summed E-state index contributed by atoms with van der Waals surface area (Å²) in [4.78, 5) is 21.8. The molecule has 0 radical (unpaired) electrons. The first-order valence-electron chi connectivity index (χ1n) is 4.60. The smallest absolute Gasteiger partial charge is 0.331 e. The molecule has 16 heavy (non-hydrogen) atoms. The summed E-state index contributed by atoms with van der Waals surface area (Å²) in [6.07, 6.45) is 8.10. The molecule has 0 fully saturated rings. The topological polar surface area (TPSA) is 52.6 Å². The minimum atomic E-state index is -0.496. The van der Waals surface area contributed by atoms with Gasteiger partial charge in [0.05, 0.1) is 0 Å². The molecule has 0 aromatic carbocycles. The van der Waals surface area contributed by atoms with Crippen LogP contribution in [0.5, 0.6) is 0 Å². The fourth-order valence-corrected chi connectivity index (χ4v) is 0.647. The van der Waals surface area contributed by atoms with E-state index in [2.05, 4.69) is 22.6 Å². The predicted molar refractivity (Wildman–Crippen MR) is 60.6 cm³/mol. The van der Waals surface area contributed by atoms with Gasteiger partial charge in [0, 0.05) is 12.2 Å². The Morgan fingerprint density at radius 2 is 1.25 bits per heavy atom. The van der Waals surface area contributed by atoms with Crippen LogP contribution in [0.25, 0.3) is 0 Å². The van der Waals surface area contributed by atoms with Gasteiger partial charge >= 0.3 is 11.9 Å². The van der Waals surface area contributed by atoms with E-state index in [0.29, 0.717) is 0 Å². The first kappa shape index (κ1) is 13.9. The minimum Gasteiger partial charge on any atom is -0.458 e. The lowest BCUT2D eigenvalue weighted by Gasteiger charge is -1.94. The average Bonchev–Trinajstić information content (AvgIpc) is 2.29. The van der Waals surface area contributed by atoms with Crippen LogP contribution in [0.15, 0.2) is 49.6 Å². The Bertz CT molecular complexity index is 281. The largest absolute Gasteiger partial charge is 0.458 e. The Hall–Kier alpha value is -2.10. The van der Waals surface area contributed by atoms with Crippen LogP contribution < -0.4 is 0 Å². The Morgan fingerprint density at radius 1 is 0.875 bits per heavy atom. The summed E-state index contributed by atoms with van der Waals surface area (Å²) in [6.45, 7) is 7.11. The molecular weight excluding hydrogens is 208 g/mol. The molecule has 0 heterocycles. The third kappa shape index (κ3) is 8.50. The van der Waals surface area contributed by atoms with Crippen LogP contribution in [0.3, 0.4) is 0 Å². The van der Waals surface area contributed by atoms with Gasteiger partial charge in [-0.1, -0.05) is 37.5 Å². The molecule has 0 aromatic rings. The summed E-state index contributed by atoms with van der Waals surface area (Å²) >= 11 is 0. The molecule has 0 amide bonds. The van der Waals surface area contributed by atoms with Gasteiger partial charge in [0.25, 0.3) is 0 Å². The van der Waals surface area contributed by atoms with E-state index >= 15 is 0 Å². The number of ether oxygens (including phenoxy) is 2. The van der Waals surface area contributed by atoms with Gasteiger partial charge in [0.15, 0.2) is 0 Å². The van der Waals surface area contributed by atoms with Crippen molar-refractivity contribution >= 4 is 11.9 Å². The minimum absolute atomic E-state index is 0.161. The van der Waals surface area contributed by atoms with Gasteiger partial charge in [-0.25, -0.2) is 9.59 Å². The predicted octanol–water partition coefficient (Wildman–Crippen LogP) is 1.56. The molecule has 0 spiro atoms. The molecule has 0 aliphatic carbocycles. The molecule has 0 atom stereocenters. The van der Waals surface area contributed by atoms with Crippen LogP contribution in [0.2, 0.25) is 0 Å². The van der Waals surface area contributed by atoms with Gasteiger partial charge in [-0.3, -0.25) is 0 Å². The van der Waals surface area contributed by atoms with E-state index in [-0.39, 0.29) is 13.2 Å². The van der Waals surface area contributed by atoms with Gasteiger partial charge in [-0.05, 0) is 0 Å². The van der Waals surface area contributed by atoms with Crippen LogP contribution in [-0.4, -0.2) is 25.2 Å². The van der Waals surface area contributed by atoms with Crippen molar-refractivity contribution in [1.82, 2.24) is 0 Å². The first-order valence-corrected chi connectivity index (χ1v) is 4.60. The fourth-order valence-electron chi connectivity index (χ4n) is 0.647. The second-order valence-corrected chi connectivity index (χ2v) is 2.56. The molecule has 4 nitrogen and oxygen atoms in total. The van der Waals surface area contributed by atoms with Gasteiger partial charge < -0.3 is 9.47 Å². The first-order chi connectivity index (χ1) is 7.70. The van der Waals surface area contributed by atoms with Gasteiger partial charge in [-0.15, -0.1) is 0 Å². The molecule has 0 aromatic heterocycles. The van der Waals surface area contributed by atoms with E-state index in [1.54, 1.807) is 0 Å². The highest BCUT2D eigenvalue weighted by atomic mass is 16.5. The summed E-state index contributed by atoms with van der Waals surface area (Å²) < 4.78 is 9.31. The maximum Gasteiger partial charge on any atom is 0.331 e. The molecule has 86 valence electrons. The number of hydrogen-bond donors (Lipinski definition) is 0. The van der Waals surface area contributed by atoms with E-state index in [4.69, 9.17) is 0 Å². The van der Waals surface area contributed by atoms with Crippen LogP contribution >= 0.6 is 0 Å². The van der Waals surface area contributed by atoms with E-state index in [0.717, 1.165) is 0 Å². The summed E-state index contributed by atoms with van der Waals surface area (Å²) in [7, 11) is 0. The van der Waals surface area contributed by atoms with Crippen molar-refractivity contribution in [2.24, 2.45) is 0 Å². The molecule has 0 saturated heterocycles. The van der Waals surface area contributed by atoms with Crippen LogP contribution in [0, 0.1) is 0 Å². The Morgan fingerprint density at radius 3 is 1.56 bits per heavy atom. The lowest BCUT2D eigenvalue weighted by atomic mass is 10.4. The molecule has 0 bridgehead atoms. The molecule has 4 heteroatoms. The second kappa shape index (κ2) is 9.45. The van der Waals surface area contributed by atoms with Crippen LogP contribution in [-0.2, 0) is 19.1 Å². The van der Waals surface area contributed by atoms with Gasteiger partial charge in [0.1, 0.15) is 13.2 Å². The van der Waals surface area contributed by atoms with Crippen LogP contribution in [0.1, 0.15) is 0 Å². The quantitative estimate of drug-likeness (QED) is 0.284. The SMILES string of the molecule is C=CCOC(=O)C=CC=CC(=O)OCC=C. The Kier molecular flexibility index (Phi) is 8.21. The molecule has 0 aliphatic heterocycles. The van der Waals surface area contributed by atoms with Gasteiger partial charge in [0.2, 0.25) is 0 Å². The molecule has 0 N–H and O–H groups in total. The fraction of sp³-hybridized carbons (Fsp3) is 0.167. The monoisotopic (exact) mass is 222 g/mol. The third-order valence-electron chi connectivity index (χ3n) is 1.26. The van der Waals surface area contributed by atoms with E-state index in [9.17, 15) is 9.59 Å². The zero-order valence-electron chi connectivity index (χ0n) is 8.93. The summed E-state index contributed by atoms with van der Waals surface area (Å²) in [5, 5.41) is 0. The van der Waals surface area contributed by atoms with Crippen molar-refractivity contribution in [3.05, 3.63) is 49.6 Å². The number of carbonyl (C=O) groups is 2. The van der Waals surface area contributed by atoms with Crippen molar-refractivity contribution in [2.75, 3.05) is 13.2 Å². The van der Waals surface area contributed by atoms with E-state index < -0.39 is 11.9 Å². The van der Waals surface area contributed by atoms with Crippen molar-refractivity contribution in [1.29, 1.82) is 0 Å². The number of carbonyl (C=O) groups excluding carboxylic acids is 2. The summed E-state index contributed by atoms with van der Waals surface area (Å²) in [6, 6.07) is 0. The highest BCUT2D eigenvalue weighted by Gasteiger charge is 1.93. The van der Waals surface area contributed by atoms with E-state index in [1.165, 1.54) is 36.5 Å². The zero-order chi connectivity index (χ0) is 12.2. The number of rotatable bonds is 7. The van der Waals surface area contributed by atoms with Crippen LogP contribution in [0.4, 0.5) is 0 Å². The summed E-state index contributed by atoms with van der Waals surface area (Å²) in [5.74, 6) is -0.993. The maximum atomic E-state index is 10.9. The summed E-state index contributed by atoms with van der Waals surface area (Å²) in [5.41, 5.74) is 0.